The average molecular weight is 621 g/mol. The van der Waals surface area contributed by atoms with Gasteiger partial charge in [0.05, 0.1) is 6.10 Å². The van der Waals surface area contributed by atoms with E-state index in [1.807, 2.05) is 30.3 Å². The fourth-order valence-corrected chi connectivity index (χ4v) is 6.71. The molecule has 7 heteroatoms. The monoisotopic (exact) mass is 620 g/mol. The number of carboxylic acids is 1. The SMILES string of the molecule is CC(C)(C)c1ccc(Oc2ccc3cc(C(=O)NC(C(=O)O)c4ccc(OC5CCCC5)cc4)nc(CC4CCCC4)c3c2)cc1. The minimum Gasteiger partial charge on any atom is -0.490 e. The molecule has 6 rings (SSSR count). The molecule has 240 valence electrons. The average Bonchev–Trinajstić information content (AvgIpc) is 3.75. The number of carbonyl (C=O) groups is 2. The second-order valence-electron chi connectivity index (χ2n) is 13.9. The number of aliphatic carboxylic acids is 1. The molecule has 46 heavy (non-hydrogen) atoms. The maximum absolute atomic E-state index is 13.6. The van der Waals surface area contributed by atoms with E-state index in [1.165, 1.54) is 31.2 Å². The van der Waals surface area contributed by atoms with Gasteiger partial charge < -0.3 is 19.9 Å². The zero-order valence-corrected chi connectivity index (χ0v) is 27.1. The summed E-state index contributed by atoms with van der Waals surface area (Å²) < 4.78 is 12.3. The number of carboxylic acid groups (broad SMARTS) is 1. The van der Waals surface area contributed by atoms with Crippen molar-refractivity contribution in [3.8, 4) is 17.2 Å². The van der Waals surface area contributed by atoms with Crippen molar-refractivity contribution in [2.75, 3.05) is 0 Å². The van der Waals surface area contributed by atoms with E-state index in [0.29, 0.717) is 23.0 Å². The summed E-state index contributed by atoms with van der Waals surface area (Å²) in [6, 6.07) is 21.5. The van der Waals surface area contributed by atoms with Gasteiger partial charge in [0.2, 0.25) is 0 Å². The summed E-state index contributed by atoms with van der Waals surface area (Å²) in [5, 5.41) is 14.6. The van der Waals surface area contributed by atoms with E-state index in [-0.39, 0.29) is 17.2 Å². The third kappa shape index (κ3) is 7.52. The van der Waals surface area contributed by atoms with Crippen LogP contribution in [0.4, 0.5) is 0 Å². The highest BCUT2D eigenvalue weighted by molar-refractivity contribution is 5.99. The first-order valence-electron chi connectivity index (χ1n) is 16.6. The van der Waals surface area contributed by atoms with Crippen LogP contribution in [0.5, 0.6) is 17.2 Å². The quantitative estimate of drug-likeness (QED) is 0.184. The first-order chi connectivity index (χ1) is 22.1. The lowest BCUT2D eigenvalue weighted by atomic mass is 9.87. The van der Waals surface area contributed by atoms with Gasteiger partial charge in [-0.3, -0.25) is 4.79 Å². The highest BCUT2D eigenvalue weighted by atomic mass is 16.5. The van der Waals surface area contributed by atoms with Crippen LogP contribution < -0.4 is 14.8 Å². The Kier molecular flexibility index (Phi) is 9.29. The fraction of sp³-hybridized carbons (Fsp3) is 0.410. The predicted molar refractivity (Wildman–Crippen MR) is 180 cm³/mol. The maximum atomic E-state index is 13.6. The summed E-state index contributed by atoms with van der Waals surface area (Å²) in [5.74, 6) is 1.01. The Morgan fingerprint density at radius 2 is 1.48 bits per heavy atom. The van der Waals surface area contributed by atoms with Crippen molar-refractivity contribution in [1.29, 1.82) is 0 Å². The van der Waals surface area contributed by atoms with E-state index in [9.17, 15) is 14.7 Å². The second kappa shape index (κ2) is 13.5. The lowest BCUT2D eigenvalue weighted by Gasteiger charge is -2.19. The number of rotatable bonds is 10. The van der Waals surface area contributed by atoms with Crippen LogP contribution in [-0.4, -0.2) is 28.1 Å². The van der Waals surface area contributed by atoms with Crippen LogP contribution in [0.1, 0.15) is 105 Å². The molecule has 7 nitrogen and oxygen atoms in total. The van der Waals surface area contributed by atoms with E-state index in [1.54, 1.807) is 30.3 Å². The highest BCUT2D eigenvalue weighted by Crippen LogP contribution is 2.34. The molecule has 2 aliphatic rings. The lowest BCUT2D eigenvalue weighted by molar-refractivity contribution is -0.139. The predicted octanol–water partition coefficient (Wildman–Crippen LogP) is 8.93. The number of hydrogen-bond acceptors (Lipinski definition) is 5. The molecule has 1 unspecified atom stereocenters. The van der Waals surface area contributed by atoms with Gasteiger partial charge in [-0.25, -0.2) is 9.78 Å². The van der Waals surface area contributed by atoms with Gasteiger partial charge in [0, 0.05) is 11.1 Å². The Balaban J connectivity index is 1.24. The van der Waals surface area contributed by atoms with Crippen molar-refractivity contribution in [1.82, 2.24) is 10.3 Å². The van der Waals surface area contributed by atoms with Crippen molar-refractivity contribution in [2.24, 2.45) is 5.92 Å². The standard InChI is InChI=1S/C39H44N2O5/c1-39(2,3)28-15-20-31(21-16-28)46-32-19-14-27-23-35(40-34(33(27)24-32)22-25-8-4-5-9-25)37(42)41-36(38(43)44)26-12-17-30(18-13-26)45-29-10-6-7-11-29/h12-21,23-25,29,36H,4-11,22H2,1-3H3,(H,41,42)(H,43,44). The van der Waals surface area contributed by atoms with Gasteiger partial charge in [0.1, 0.15) is 22.9 Å². The summed E-state index contributed by atoms with van der Waals surface area (Å²) in [6.45, 7) is 6.56. The molecule has 1 atom stereocenters. The van der Waals surface area contributed by atoms with Crippen LogP contribution in [-0.2, 0) is 16.6 Å². The summed E-state index contributed by atoms with van der Waals surface area (Å²) in [4.78, 5) is 30.7. The number of hydrogen-bond donors (Lipinski definition) is 2. The molecule has 2 saturated carbocycles. The van der Waals surface area contributed by atoms with Crippen LogP contribution in [0, 0.1) is 5.92 Å². The first-order valence-corrected chi connectivity index (χ1v) is 16.6. The Bertz CT molecular complexity index is 1680. The molecule has 0 saturated heterocycles. The zero-order valence-electron chi connectivity index (χ0n) is 27.1. The molecule has 3 aromatic carbocycles. The van der Waals surface area contributed by atoms with Crippen molar-refractivity contribution in [3.05, 3.63) is 95.3 Å². The number of amides is 1. The maximum Gasteiger partial charge on any atom is 0.330 e. The van der Waals surface area contributed by atoms with E-state index < -0.39 is 17.9 Å². The zero-order chi connectivity index (χ0) is 32.3. The van der Waals surface area contributed by atoms with Gasteiger partial charge in [0.25, 0.3) is 5.91 Å². The lowest BCUT2D eigenvalue weighted by Crippen LogP contribution is -2.34. The fourth-order valence-electron chi connectivity index (χ4n) is 6.71. The molecule has 0 spiro atoms. The minimum absolute atomic E-state index is 0.0605. The smallest absolute Gasteiger partial charge is 0.330 e. The highest BCUT2D eigenvalue weighted by Gasteiger charge is 2.26. The molecular weight excluding hydrogens is 576 g/mol. The Hall–Kier alpha value is -4.39. The molecule has 2 N–H and O–H groups in total. The van der Waals surface area contributed by atoms with E-state index in [4.69, 9.17) is 14.5 Å². The van der Waals surface area contributed by atoms with Crippen molar-refractivity contribution in [2.45, 2.75) is 96.1 Å². The number of nitrogens with zero attached hydrogens (tertiary/aromatic N) is 1. The van der Waals surface area contributed by atoms with Crippen molar-refractivity contribution in [3.63, 3.8) is 0 Å². The van der Waals surface area contributed by atoms with Gasteiger partial charge in [-0.1, -0.05) is 76.8 Å². The van der Waals surface area contributed by atoms with Crippen LogP contribution in [0.2, 0.25) is 0 Å². The van der Waals surface area contributed by atoms with Gasteiger partial charge in [-0.2, -0.15) is 0 Å². The van der Waals surface area contributed by atoms with Crippen LogP contribution in [0.3, 0.4) is 0 Å². The number of carbonyl (C=O) groups excluding carboxylic acids is 1. The Labute approximate surface area is 271 Å². The number of pyridine rings is 1. The van der Waals surface area contributed by atoms with Crippen molar-refractivity contribution < 1.29 is 24.2 Å². The molecule has 2 aliphatic carbocycles. The Morgan fingerprint density at radius 1 is 0.848 bits per heavy atom. The molecular formula is C39H44N2O5. The number of aromatic nitrogens is 1. The number of ether oxygens (including phenoxy) is 2. The molecule has 1 amide bonds. The summed E-state index contributed by atoms with van der Waals surface area (Å²) in [6.07, 6.45) is 10.1. The van der Waals surface area contributed by atoms with E-state index in [0.717, 1.165) is 54.3 Å². The van der Waals surface area contributed by atoms with Gasteiger partial charge >= 0.3 is 5.97 Å². The van der Waals surface area contributed by atoms with Gasteiger partial charge in [-0.05, 0) is 102 Å². The first kappa shape index (κ1) is 31.6. The van der Waals surface area contributed by atoms with E-state index in [2.05, 4.69) is 38.2 Å². The van der Waals surface area contributed by atoms with Crippen LogP contribution >= 0.6 is 0 Å². The molecule has 0 bridgehead atoms. The summed E-state index contributed by atoms with van der Waals surface area (Å²) in [5.41, 5.74) is 2.82. The number of nitrogens with one attached hydrogen (secondary N) is 1. The minimum atomic E-state index is -1.22. The Morgan fingerprint density at radius 3 is 2.13 bits per heavy atom. The largest absolute Gasteiger partial charge is 0.490 e. The second-order valence-corrected chi connectivity index (χ2v) is 13.9. The molecule has 2 fully saturated rings. The van der Waals surface area contributed by atoms with Gasteiger partial charge in [0.15, 0.2) is 6.04 Å². The summed E-state index contributed by atoms with van der Waals surface area (Å²) >= 11 is 0. The van der Waals surface area contributed by atoms with Crippen molar-refractivity contribution >= 4 is 22.6 Å². The third-order valence-corrected chi connectivity index (χ3v) is 9.37. The molecule has 0 radical (unpaired) electrons. The topological polar surface area (TPSA) is 97.8 Å². The molecule has 0 aliphatic heterocycles. The van der Waals surface area contributed by atoms with Crippen LogP contribution in [0.25, 0.3) is 10.8 Å². The van der Waals surface area contributed by atoms with Gasteiger partial charge in [-0.15, -0.1) is 0 Å². The molecule has 1 aromatic heterocycles. The number of benzene rings is 3. The molecule has 4 aromatic rings. The number of fused-ring (bicyclic) bond motifs is 1. The molecule has 1 heterocycles. The summed E-state index contributed by atoms with van der Waals surface area (Å²) in [7, 11) is 0. The third-order valence-electron chi connectivity index (χ3n) is 9.37. The van der Waals surface area contributed by atoms with Crippen LogP contribution in [0.15, 0.2) is 72.8 Å². The van der Waals surface area contributed by atoms with E-state index >= 15 is 0 Å². The normalized spacial score (nSPS) is 16.4.